The lowest BCUT2D eigenvalue weighted by Crippen LogP contribution is -2.28. The van der Waals surface area contributed by atoms with E-state index in [1.54, 1.807) is 18.3 Å². The second kappa shape index (κ2) is 7.05. The van der Waals surface area contributed by atoms with Crippen LogP contribution in [0.5, 0.6) is 0 Å². The number of hydrogen-bond donors (Lipinski definition) is 0. The molecule has 0 saturated heterocycles. The van der Waals surface area contributed by atoms with Crippen molar-refractivity contribution in [1.82, 2.24) is 9.55 Å². The average molecular weight is 348 g/mol. The second-order valence-corrected chi connectivity index (χ2v) is 7.74. The molecule has 2 aromatic rings. The number of thiophene rings is 1. The summed E-state index contributed by atoms with van der Waals surface area (Å²) in [5, 5.41) is 0.717. The van der Waals surface area contributed by atoms with Crippen LogP contribution in [0.4, 0.5) is 0 Å². The molecule has 1 atom stereocenters. The maximum absolute atomic E-state index is 13.0. The Morgan fingerprint density at radius 3 is 3.00 bits per heavy atom. The third-order valence-corrected chi connectivity index (χ3v) is 5.80. The lowest BCUT2D eigenvalue weighted by molar-refractivity contribution is -0.144. The highest BCUT2D eigenvalue weighted by Gasteiger charge is 2.24. The Morgan fingerprint density at radius 2 is 2.25 bits per heavy atom. The minimum Gasteiger partial charge on any atom is -0.464 e. The van der Waals surface area contributed by atoms with Gasteiger partial charge >= 0.3 is 5.97 Å². The SMILES string of the molecule is CCCCOC(=O)Cn1c(C)nc2sc3c(c2c1=O)CCC(C)C3. The highest BCUT2D eigenvalue weighted by molar-refractivity contribution is 7.18. The number of fused-ring (bicyclic) bond motifs is 3. The van der Waals surface area contributed by atoms with Crippen LogP contribution < -0.4 is 5.56 Å². The van der Waals surface area contributed by atoms with Crippen LogP contribution in [-0.2, 0) is 28.9 Å². The summed E-state index contributed by atoms with van der Waals surface area (Å²) in [5.41, 5.74) is 1.05. The molecule has 6 heteroatoms. The van der Waals surface area contributed by atoms with Gasteiger partial charge in [0, 0.05) is 4.88 Å². The zero-order chi connectivity index (χ0) is 17.3. The first-order chi connectivity index (χ1) is 11.5. The van der Waals surface area contributed by atoms with E-state index < -0.39 is 0 Å². The van der Waals surface area contributed by atoms with Gasteiger partial charge in [0.15, 0.2) is 0 Å². The Kier molecular flexibility index (Phi) is 5.04. The van der Waals surface area contributed by atoms with E-state index >= 15 is 0 Å². The van der Waals surface area contributed by atoms with E-state index in [4.69, 9.17) is 4.74 Å². The summed E-state index contributed by atoms with van der Waals surface area (Å²) >= 11 is 1.64. The Balaban J connectivity index is 1.95. The number of carbonyl (C=O) groups excluding carboxylic acids is 1. The van der Waals surface area contributed by atoms with E-state index in [-0.39, 0.29) is 18.1 Å². The van der Waals surface area contributed by atoms with Crippen molar-refractivity contribution in [2.45, 2.75) is 59.4 Å². The first kappa shape index (κ1) is 17.1. The highest BCUT2D eigenvalue weighted by Crippen LogP contribution is 2.35. The fourth-order valence-corrected chi connectivity index (χ4v) is 4.64. The molecule has 1 unspecified atom stereocenters. The third kappa shape index (κ3) is 3.24. The molecule has 0 N–H and O–H groups in total. The quantitative estimate of drug-likeness (QED) is 0.615. The molecule has 24 heavy (non-hydrogen) atoms. The van der Waals surface area contributed by atoms with Crippen molar-refractivity contribution in [3.05, 3.63) is 26.6 Å². The van der Waals surface area contributed by atoms with Gasteiger partial charge in [0.2, 0.25) is 0 Å². The topological polar surface area (TPSA) is 61.2 Å². The molecule has 0 spiro atoms. The summed E-state index contributed by atoms with van der Waals surface area (Å²) in [6, 6.07) is 0. The van der Waals surface area contributed by atoms with Gasteiger partial charge in [-0.05, 0) is 44.1 Å². The Morgan fingerprint density at radius 1 is 1.46 bits per heavy atom. The first-order valence-electron chi connectivity index (χ1n) is 8.68. The van der Waals surface area contributed by atoms with Crippen LogP contribution in [0, 0.1) is 12.8 Å². The normalized spacial score (nSPS) is 17.0. The number of hydrogen-bond acceptors (Lipinski definition) is 5. The number of aryl methyl sites for hydroxylation is 2. The molecular formula is C18H24N2O3S. The number of rotatable bonds is 5. The van der Waals surface area contributed by atoms with E-state index in [0.717, 1.165) is 42.5 Å². The highest BCUT2D eigenvalue weighted by atomic mass is 32.1. The summed E-state index contributed by atoms with van der Waals surface area (Å²) in [4.78, 5) is 31.6. The molecule has 2 aromatic heterocycles. The van der Waals surface area contributed by atoms with Crippen LogP contribution in [0.15, 0.2) is 4.79 Å². The number of aromatic nitrogens is 2. The first-order valence-corrected chi connectivity index (χ1v) is 9.50. The molecule has 2 heterocycles. The van der Waals surface area contributed by atoms with Crippen molar-refractivity contribution in [2.24, 2.45) is 5.92 Å². The summed E-state index contributed by atoms with van der Waals surface area (Å²) in [7, 11) is 0. The monoisotopic (exact) mass is 348 g/mol. The van der Waals surface area contributed by atoms with E-state index in [0.29, 0.717) is 23.7 Å². The number of unbranched alkanes of at least 4 members (excludes halogenated alkanes) is 1. The Labute approximate surface area is 145 Å². The van der Waals surface area contributed by atoms with E-state index in [2.05, 4.69) is 11.9 Å². The molecule has 3 rings (SSSR count). The minimum atomic E-state index is -0.368. The molecule has 0 saturated carbocycles. The second-order valence-electron chi connectivity index (χ2n) is 6.66. The number of nitrogens with zero attached hydrogens (tertiary/aromatic N) is 2. The maximum Gasteiger partial charge on any atom is 0.326 e. The van der Waals surface area contributed by atoms with Crippen molar-refractivity contribution in [3.63, 3.8) is 0 Å². The molecule has 130 valence electrons. The molecule has 0 fully saturated rings. The zero-order valence-corrected chi connectivity index (χ0v) is 15.4. The fourth-order valence-electron chi connectivity index (χ4n) is 3.22. The summed E-state index contributed by atoms with van der Waals surface area (Å²) in [5.74, 6) is 0.863. The predicted octanol–water partition coefficient (Wildman–Crippen LogP) is 3.23. The molecule has 5 nitrogen and oxygen atoms in total. The van der Waals surface area contributed by atoms with Crippen molar-refractivity contribution in [1.29, 1.82) is 0 Å². The van der Waals surface area contributed by atoms with Crippen LogP contribution in [0.3, 0.4) is 0 Å². The molecule has 1 aliphatic rings. The van der Waals surface area contributed by atoms with E-state index in [1.165, 1.54) is 9.44 Å². The van der Waals surface area contributed by atoms with E-state index in [9.17, 15) is 9.59 Å². The fraction of sp³-hybridized carbons (Fsp3) is 0.611. The van der Waals surface area contributed by atoms with Crippen molar-refractivity contribution >= 4 is 27.5 Å². The molecule has 0 aromatic carbocycles. The Hall–Kier alpha value is -1.69. The lowest BCUT2D eigenvalue weighted by atomic mass is 9.89. The van der Waals surface area contributed by atoms with Crippen molar-refractivity contribution < 1.29 is 9.53 Å². The number of ether oxygens (including phenoxy) is 1. The predicted molar refractivity (Wildman–Crippen MR) is 95.7 cm³/mol. The molecular weight excluding hydrogens is 324 g/mol. The van der Waals surface area contributed by atoms with Gasteiger partial charge in [-0.25, -0.2) is 4.98 Å². The van der Waals surface area contributed by atoms with Gasteiger partial charge in [0.25, 0.3) is 5.56 Å². The molecule has 0 aliphatic heterocycles. The van der Waals surface area contributed by atoms with Crippen LogP contribution in [0.2, 0.25) is 0 Å². The largest absolute Gasteiger partial charge is 0.464 e. The van der Waals surface area contributed by atoms with Gasteiger partial charge in [-0.3, -0.25) is 14.2 Å². The van der Waals surface area contributed by atoms with Gasteiger partial charge < -0.3 is 4.74 Å². The van der Waals surface area contributed by atoms with Crippen molar-refractivity contribution in [2.75, 3.05) is 6.61 Å². The third-order valence-electron chi connectivity index (χ3n) is 4.65. The van der Waals surface area contributed by atoms with E-state index in [1.807, 2.05) is 6.92 Å². The van der Waals surface area contributed by atoms with Gasteiger partial charge in [-0.2, -0.15) is 0 Å². The van der Waals surface area contributed by atoms with Gasteiger partial charge in [0.05, 0.1) is 12.0 Å². The molecule has 0 bridgehead atoms. The smallest absolute Gasteiger partial charge is 0.326 e. The minimum absolute atomic E-state index is 0.0572. The number of carbonyl (C=O) groups is 1. The van der Waals surface area contributed by atoms with Gasteiger partial charge in [-0.1, -0.05) is 20.3 Å². The zero-order valence-electron chi connectivity index (χ0n) is 14.6. The summed E-state index contributed by atoms with van der Waals surface area (Å²) < 4.78 is 6.65. The molecule has 0 radical (unpaired) electrons. The standard InChI is InChI=1S/C18H24N2O3S/c1-4-5-8-23-15(21)10-20-12(3)19-17-16(18(20)22)13-7-6-11(2)9-14(13)24-17/h11H,4-10H2,1-3H3. The number of esters is 1. The average Bonchev–Trinajstić information content (AvgIpc) is 2.88. The van der Waals surface area contributed by atoms with Crippen LogP contribution in [0.1, 0.15) is 49.4 Å². The van der Waals surface area contributed by atoms with Crippen LogP contribution >= 0.6 is 11.3 Å². The van der Waals surface area contributed by atoms with Gasteiger partial charge in [0.1, 0.15) is 17.2 Å². The van der Waals surface area contributed by atoms with Crippen LogP contribution in [-0.4, -0.2) is 22.1 Å². The van der Waals surface area contributed by atoms with Crippen molar-refractivity contribution in [3.8, 4) is 0 Å². The summed E-state index contributed by atoms with van der Waals surface area (Å²) in [6.07, 6.45) is 4.86. The molecule has 1 aliphatic carbocycles. The molecule has 0 amide bonds. The Bertz CT molecular complexity index is 822. The van der Waals surface area contributed by atoms with Gasteiger partial charge in [-0.15, -0.1) is 11.3 Å². The maximum atomic E-state index is 13.0. The van der Waals surface area contributed by atoms with Crippen LogP contribution in [0.25, 0.3) is 10.2 Å². The summed E-state index contributed by atoms with van der Waals surface area (Å²) in [6.45, 7) is 6.42. The lowest BCUT2D eigenvalue weighted by Gasteiger charge is -2.17.